The van der Waals surface area contributed by atoms with Crippen LogP contribution in [0, 0.1) is 0 Å². The SMILES string of the molecule is CSc1ccccc1N=CC=C(N)c1cccc(C(=O)O)c1. The van der Waals surface area contributed by atoms with Gasteiger partial charge in [-0.3, -0.25) is 4.99 Å². The fraction of sp³-hybridized carbons (Fsp3) is 0.0588. The lowest BCUT2D eigenvalue weighted by atomic mass is 10.1. The van der Waals surface area contributed by atoms with Crippen LogP contribution in [0.2, 0.25) is 0 Å². The van der Waals surface area contributed by atoms with Crippen LogP contribution in [-0.2, 0) is 0 Å². The predicted molar refractivity (Wildman–Crippen MR) is 91.9 cm³/mol. The van der Waals surface area contributed by atoms with E-state index in [0.29, 0.717) is 11.3 Å². The van der Waals surface area contributed by atoms with Gasteiger partial charge in [-0.25, -0.2) is 4.79 Å². The van der Waals surface area contributed by atoms with Crippen LogP contribution in [0.25, 0.3) is 5.70 Å². The van der Waals surface area contributed by atoms with Crippen molar-refractivity contribution in [2.75, 3.05) is 6.26 Å². The first-order chi connectivity index (χ1) is 10.6. The standard InChI is InChI=1S/C17H16N2O2S/c1-22-16-8-3-2-7-15(16)19-10-9-14(18)12-5-4-6-13(11-12)17(20)21/h2-11H,18H2,1H3,(H,20,21). The summed E-state index contributed by atoms with van der Waals surface area (Å²) < 4.78 is 0. The van der Waals surface area contributed by atoms with Crippen molar-refractivity contribution in [3.63, 3.8) is 0 Å². The molecule has 0 amide bonds. The molecule has 2 aromatic carbocycles. The molecule has 0 unspecified atom stereocenters. The summed E-state index contributed by atoms with van der Waals surface area (Å²) in [6, 6.07) is 14.3. The summed E-state index contributed by atoms with van der Waals surface area (Å²) >= 11 is 1.62. The summed E-state index contributed by atoms with van der Waals surface area (Å²) in [6.07, 6.45) is 5.28. The summed E-state index contributed by atoms with van der Waals surface area (Å²) in [5, 5.41) is 8.98. The molecule has 0 heterocycles. The Morgan fingerprint density at radius 2 is 1.91 bits per heavy atom. The molecule has 0 saturated carbocycles. The second kappa shape index (κ2) is 7.47. The predicted octanol–water partition coefficient (Wildman–Crippen LogP) is 3.81. The number of aromatic carboxylic acids is 1. The molecule has 2 rings (SSSR count). The van der Waals surface area contributed by atoms with E-state index in [1.165, 1.54) is 12.1 Å². The minimum atomic E-state index is -0.975. The zero-order valence-corrected chi connectivity index (χ0v) is 12.9. The molecule has 3 N–H and O–H groups in total. The van der Waals surface area contributed by atoms with Crippen LogP contribution in [0.5, 0.6) is 0 Å². The molecule has 0 aliphatic heterocycles. The van der Waals surface area contributed by atoms with Gasteiger partial charge in [0.15, 0.2) is 0 Å². The Balaban J connectivity index is 2.20. The average molecular weight is 312 g/mol. The first kappa shape index (κ1) is 15.9. The highest BCUT2D eigenvalue weighted by Gasteiger charge is 2.04. The number of carboxylic acids is 1. The molecule has 5 heteroatoms. The first-order valence-electron chi connectivity index (χ1n) is 6.58. The molecule has 0 aromatic heterocycles. The molecular weight excluding hydrogens is 296 g/mol. The molecule has 0 saturated heterocycles. The molecule has 112 valence electrons. The Morgan fingerprint density at radius 1 is 1.18 bits per heavy atom. The molecule has 2 aromatic rings. The lowest BCUT2D eigenvalue weighted by Gasteiger charge is -2.02. The van der Waals surface area contributed by atoms with Gasteiger partial charge in [0.05, 0.1) is 11.3 Å². The van der Waals surface area contributed by atoms with Crippen molar-refractivity contribution in [1.82, 2.24) is 0 Å². The van der Waals surface area contributed by atoms with Crippen molar-refractivity contribution in [3.05, 3.63) is 65.7 Å². The van der Waals surface area contributed by atoms with Crippen molar-refractivity contribution >= 4 is 35.3 Å². The Kier molecular flexibility index (Phi) is 5.38. The molecule has 0 spiro atoms. The number of carbonyl (C=O) groups is 1. The van der Waals surface area contributed by atoms with Crippen LogP contribution in [0.1, 0.15) is 15.9 Å². The van der Waals surface area contributed by atoms with E-state index < -0.39 is 5.97 Å². The quantitative estimate of drug-likeness (QED) is 0.650. The number of benzene rings is 2. The van der Waals surface area contributed by atoms with E-state index in [1.54, 1.807) is 36.2 Å². The van der Waals surface area contributed by atoms with E-state index in [-0.39, 0.29) is 5.56 Å². The van der Waals surface area contributed by atoms with Crippen molar-refractivity contribution in [1.29, 1.82) is 0 Å². The van der Waals surface area contributed by atoms with Gasteiger partial charge in [-0.05, 0) is 42.2 Å². The molecule has 0 bridgehead atoms. The summed E-state index contributed by atoms with van der Waals surface area (Å²) in [5.74, 6) is -0.975. The number of aliphatic imine (C=N–C) groups is 1. The largest absolute Gasteiger partial charge is 0.478 e. The second-order valence-electron chi connectivity index (χ2n) is 4.46. The number of hydrogen-bond acceptors (Lipinski definition) is 4. The van der Waals surface area contributed by atoms with E-state index in [4.69, 9.17) is 10.8 Å². The van der Waals surface area contributed by atoms with Gasteiger partial charge >= 0.3 is 5.97 Å². The molecule has 4 nitrogen and oxygen atoms in total. The topological polar surface area (TPSA) is 75.7 Å². The van der Waals surface area contributed by atoms with E-state index in [1.807, 2.05) is 30.5 Å². The van der Waals surface area contributed by atoms with Crippen LogP contribution in [0.3, 0.4) is 0 Å². The fourth-order valence-corrected chi connectivity index (χ4v) is 2.41. The van der Waals surface area contributed by atoms with Gasteiger partial charge in [-0.15, -0.1) is 11.8 Å². The van der Waals surface area contributed by atoms with Gasteiger partial charge in [0.25, 0.3) is 0 Å². The first-order valence-corrected chi connectivity index (χ1v) is 7.81. The summed E-state index contributed by atoms with van der Waals surface area (Å²) in [4.78, 5) is 16.4. The smallest absolute Gasteiger partial charge is 0.335 e. The highest BCUT2D eigenvalue weighted by Crippen LogP contribution is 2.26. The molecule has 0 radical (unpaired) electrons. The molecule has 22 heavy (non-hydrogen) atoms. The molecular formula is C17H16N2O2S. The zero-order chi connectivity index (χ0) is 15.9. The van der Waals surface area contributed by atoms with Gasteiger partial charge in [0.2, 0.25) is 0 Å². The number of hydrogen-bond donors (Lipinski definition) is 2. The maximum Gasteiger partial charge on any atom is 0.335 e. The molecule has 0 aliphatic carbocycles. The summed E-state index contributed by atoms with van der Waals surface area (Å²) in [5.41, 5.74) is 8.17. The maximum atomic E-state index is 11.0. The summed E-state index contributed by atoms with van der Waals surface area (Å²) in [7, 11) is 0. The Morgan fingerprint density at radius 3 is 2.64 bits per heavy atom. The third-order valence-corrected chi connectivity index (χ3v) is 3.78. The lowest BCUT2D eigenvalue weighted by molar-refractivity contribution is 0.0697. The van der Waals surface area contributed by atoms with E-state index in [9.17, 15) is 4.79 Å². The van der Waals surface area contributed by atoms with Gasteiger partial charge in [-0.1, -0.05) is 24.3 Å². The van der Waals surface area contributed by atoms with Crippen LogP contribution < -0.4 is 5.73 Å². The lowest BCUT2D eigenvalue weighted by Crippen LogP contribution is -2.01. The van der Waals surface area contributed by atoms with Crippen molar-refractivity contribution < 1.29 is 9.90 Å². The van der Waals surface area contributed by atoms with Crippen molar-refractivity contribution in [2.24, 2.45) is 10.7 Å². The third-order valence-electron chi connectivity index (χ3n) is 3.00. The number of carboxylic acid groups (broad SMARTS) is 1. The Labute approximate surface area is 133 Å². The minimum Gasteiger partial charge on any atom is -0.478 e. The van der Waals surface area contributed by atoms with Gasteiger partial charge in [0.1, 0.15) is 0 Å². The monoisotopic (exact) mass is 312 g/mol. The molecule has 0 fully saturated rings. The normalized spacial score (nSPS) is 11.8. The number of allylic oxidation sites excluding steroid dienone is 1. The van der Waals surface area contributed by atoms with E-state index in [0.717, 1.165) is 10.6 Å². The minimum absolute atomic E-state index is 0.207. The highest BCUT2D eigenvalue weighted by molar-refractivity contribution is 7.98. The number of rotatable bonds is 5. The number of nitrogens with zero attached hydrogens (tertiary/aromatic N) is 1. The molecule has 0 aliphatic rings. The van der Waals surface area contributed by atoms with Crippen molar-refractivity contribution in [2.45, 2.75) is 4.90 Å². The average Bonchev–Trinajstić information content (AvgIpc) is 2.55. The second-order valence-corrected chi connectivity index (χ2v) is 5.31. The van der Waals surface area contributed by atoms with Crippen LogP contribution in [0.4, 0.5) is 5.69 Å². The van der Waals surface area contributed by atoms with Gasteiger partial charge in [-0.2, -0.15) is 0 Å². The third kappa shape index (κ3) is 3.99. The van der Waals surface area contributed by atoms with Crippen LogP contribution >= 0.6 is 11.8 Å². The fourth-order valence-electron chi connectivity index (χ4n) is 1.86. The van der Waals surface area contributed by atoms with E-state index >= 15 is 0 Å². The van der Waals surface area contributed by atoms with Crippen LogP contribution in [0.15, 0.2) is 64.5 Å². The van der Waals surface area contributed by atoms with Gasteiger partial charge < -0.3 is 10.8 Å². The number of para-hydroxylation sites is 1. The van der Waals surface area contributed by atoms with Gasteiger partial charge in [0, 0.05) is 16.8 Å². The molecule has 0 atom stereocenters. The number of thioether (sulfide) groups is 1. The Bertz CT molecular complexity index is 739. The maximum absolute atomic E-state index is 11.0. The van der Waals surface area contributed by atoms with Crippen molar-refractivity contribution in [3.8, 4) is 0 Å². The number of nitrogens with two attached hydrogens (primary N) is 1. The summed E-state index contributed by atoms with van der Waals surface area (Å²) in [6.45, 7) is 0. The van der Waals surface area contributed by atoms with E-state index in [2.05, 4.69) is 4.99 Å². The Hall–Kier alpha value is -2.53. The van der Waals surface area contributed by atoms with Crippen LogP contribution in [-0.4, -0.2) is 23.5 Å². The zero-order valence-electron chi connectivity index (χ0n) is 12.1. The highest BCUT2D eigenvalue weighted by atomic mass is 32.2.